The Bertz CT molecular complexity index is 1040. The van der Waals surface area contributed by atoms with Gasteiger partial charge in [-0.25, -0.2) is 9.98 Å². The number of hydrogen-bond acceptors (Lipinski definition) is 6. The average Bonchev–Trinajstić information content (AvgIpc) is 2.87. The highest BCUT2D eigenvalue weighted by atomic mass is 16.5. The van der Waals surface area contributed by atoms with E-state index >= 15 is 0 Å². The number of nitrogens with one attached hydrogen (secondary N) is 1. The summed E-state index contributed by atoms with van der Waals surface area (Å²) in [6.45, 7) is 3.43. The summed E-state index contributed by atoms with van der Waals surface area (Å²) in [7, 11) is 0. The molecule has 138 valence electrons. The first-order valence-electron chi connectivity index (χ1n) is 9.23. The molecule has 1 atom stereocenters. The fraction of sp³-hybridized carbons (Fsp3) is 0.300. The number of ether oxygens (including phenoxy) is 2. The van der Waals surface area contributed by atoms with Crippen molar-refractivity contribution in [2.75, 3.05) is 18.5 Å². The Morgan fingerprint density at radius 1 is 1.15 bits per heavy atom. The van der Waals surface area contributed by atoms with Crippen molar-refractivity contribution in [2.24, 2.45) is 10.7 Å². The SMILES string of the molecule is CCc1ccc([C@@H]2N=C(N)Nc3nc4cc5c(cc4n32)OCCCO5)cc1. The highest BCUT2D eigenvalue weighted by Gasteiger charge is 2.26. The number of anilines is 1. The number of nitrogens with two attached hydrogens (primary N) is 1. The molecule has 0 saturated heterocycles. The molecule has 2 aromatic carbocycles. The van der Waals surface area contributed by atoms with Crippen molar-refractivity contribution in [1.29, 1.82) is 0 Å². The summed E-state index contributed by atoms with van der Waals surface area (Å²) in [5.74, 6) is 2.50. The number of aliphatic imine (C=N–C) groups is 1. The molecule has 0 radical (unpaired) electrons. The highest BCUT2D eigenvalue weighted by Crippen LogP contribution is 2.38. The van der Waals surface area contributed by atoms with Crippen LogP contribution in [0.5, 0.6) is 11.5 Å². The largest absolute Gasteiger partial charge is 0.489 e. The normalized spacial score (nSPS) is 18.4. The third-order valence-electron chi connectivity index (χ3n) is 4.99. The van der Waals surface area contributed by atoms with Gasteiger partial charge >= 0.3 is 0 Å². The molecule has 2 aliphatic rings. The van der Waals surface area contributed by atoms with Gasteiger partial charge in [-0.1, -0.05) is 31.2 Å². The van der Waals surface area contributed by atoms with Crippen LogP contribution in [0.1, 0.15) is 30.6 Å². The molecule has 0 saturated carbocycles. The zero-order valence-corrected chi connectivity index (χ0v) is 15.1. The van der Waals surface area contributed by atoms with E-state index in [1.807, 2.05) is 12.1 Å². The minimum absolute atomic E-state index is 0.276. The molecule has 2 aliphatic heterocycles. The van der Waals surface area contributed by atoms with Crippen molar-refractivity contribution in [3.05, 3.63) is 47.5 Å². The van der Waals surface area contributed by atoms with Crippen molar-refractivity contribution >= 4 is 22.9 Å². The number of nitrogens with zero attached hydrogens (tertiary/aromatic N) is 3. The summed E-state index contributed by atoms with van der Waals surface area (Å²) in [6, 6.07) is 12.4. The molecule has 0 amide bonds. The van der Waals surface area contributed by atoms with Gasteiger partial charge in [0.1, 0.15) is 0 Å². The van der Waals surface area contributed by atoms with Crippen LogP contribution in [-0.4, -0.2) is 28.7 Å². The number of imidazole rings is 1. The monoisotopic (exact) mass is 363 g/mol. The summed E-state index contributed by atoms with van der Waals surface area (Å²) in [4.78, 5) is 9.34. The average molecular weight is 363 g/mol. The molecule has 0 fully saturated rings. The van der Waals surface area contributed by atoms with Gasteiger partial charge in [0, 0.05) is 18.6 Å². The molecule has 27 heavy (non-hydrogen) atoms. The summed E-state index contributed by atoms with van der Waals surface area (Å²) in [5.41, 5.74) is 10.1. The van der Waals surface area contributed by atoms with Crippen molar-refractivity contribution in [2.45, 2.75) is 25.9 Å². The molecule has 3 heterocycles. The van der Waals surface area contributed by atoms with Crippen LogP contribution in [0.3, 0.4) is 0 Å². The van der Waals surface area contributed by atoms with Crippen molar-refractivity contribution in [3.8, 4) is 11.5 Å². The highest BCUT2D eigenvalue weighted by molar-refractivity contribution is 5.95. The molecular formula is C20H21N5O2. The smallest absolute Gasteiger partial charge is 0.212 e. The molecule has 0 aliphatic carbocycles. The van der Waals surface area contributed by atoms with Crippen LogP contribution in [0.25, 0.3) is 11.0 Å². The van der Waals surface area contributed by atoms with E-state index in [2.05, 4.69) is 46.1 Å². The second-order valence-corrected chi connectivity index (χ2v) is 6.75. The van der Waals surface area contributed by atoms with Crippen molar-refractivity contribution < 1.29 is 9.47 Å². The number of benzene rings is 2. The molecule has 0 spiro atoms. The quantitative estimate of drug-likeness (QED) is 0.731. The Balaban J connectivity index is 1.67. The van der Waals surface area contributed by atoms with Gasteiger partial charge in [0.15, 0.2) is 23.6 Å². The van der Waals surface area contributed by atoms with Gasteiger partial charge in [-0.15, -0.1) is 0 Å². The Kier molecular flexibility index (Phi) is 3.67. The minimum Gasteiger partial charge on any atom is -0.489 e. The molecule has 5 rings (SSSR count). The Morgan fingerprint density at radius 3 is 2.63 bits per heavy atom. The molecule has 7 nitrogen and oxygen atoms in total. The second-order valence-electron chi connectivity index (χ2n) is 6.75. The number of aromatic nitrogens is 2. The Labute approximate surface area is 156 Å². The van der Waals surface area contributed by atoms with E-state index in [4.69, 9.17) is 20.2 Å². The van der Waals surface area contributed by atoms with Gasteiger partial charge in [-0.3, -0.25) is 9.88 Å². The number of guanidine groups is 1. The topological polar surface area (TPSA) is 86.7 Å². The first-order valence-corrected chi connectivity index (χ1v) is 9.23. The van der Waals surface area contributed by atoms with Crippen LogP contribution in [0.15, 0.2) is 41.4 Å². The van der Waals surface area contributed by atoms with E-state index in [-0.39, 0.29) is 6.17 Å². The van der Waals surface area contributed by atoms with Gasteiger partial charge in [0.25, 0.3) is 0 Å². The lowest BCUT2D eigenvalue weighted by Gasteiger charge is -2.24. The number of rotatable bonds is 2. The predicted molar refractivity (Wildman–Crippen MR) is 105 cm³/mol. The molecule has 7 heteroatoms. The van der Waals surface area contributed by atoms with Gasteiger partial charge < -0.3 is 15.2 Å². The number of aryl methyl sites for hydroxylation is 1. The van der Waals surface area contributed by atoms with Crippen LogP contribution >= 0.6 is 0 Å². The fourth-order valence-electron chi connectivity index (χ4n) is 3.57. The lowest BCUT2D eigenvalue weighted by atomic mass is 10.1. The van der Waals surface area contributed by atoms with E-state index in [0.717, 1.165) is 40.9 Å². The molecule has 3 N–H and O–H groups in total. The summed E-state index contributed by atoms with van der Waals surface area (Å²) < 4.78 is 13.7. The molecule has 0 bridgehead atoms. The van der Waals surface area contributed by atoms with Gasteiger partial charge in [-0.2, -0.15) is 0 Å². The standard InChI is InChI=1S/C20H21N5O2/c1-2-12-4-6-13(7-5-12)18-23-19(21)24-20-22-14-10-16-17(11-15(14)25(18)20)27-9-3-8-26-16/h4-7,10-11,18H,2-3,8-9H2,1H3,(H3,21,22,23,24)/t18-/m1/s1. The van der Waals surface area contributed by atoms with Crippen LogP contribution in [0.2, 0.25) is 0 Å². The molecule has 0 unspecified atom stereocenters. The summed E-state index contributed by atoms with van der Waals surface area (Å²) >= 11 is 0. The van der Waals surface area contributed by atoms with Crippen molar-refractivity contribution in [3.63, 3.8) is 0 Å². The zero-order chi connectivity index (χ0) is 18.4. The maximum Gasteiger partial charge on any atom is 0.212 e. The second kappa shape index (κ2) is 6.19. The first kappa shape index (κ1) is 16.0. The Hall–Kier alpha value is -3.22. The summed E-state index contributed by atoms with van der Waals surface area (Å²) in [5, 5.41) is 3.07. The number of hydrogen-bond donors (Lipinski definition) is 2. The van der Waals surface area contributed by atoms with Crippen LogP contribution in [0, 0.1) is 0 Å². The zero-order valence-electron chi connectivity index (χ0n) is 15.1. The van der Waals surface area contributed by atoms with E-state index < -0.39 is 0 Å². The van der Waals surface area contributed by atoms with E-state index in [1.54, 1.807) is 0 Å². The number of fused-ring (bicyclic) bond motifs is 4. The predicted octanol–water partition coefficient (Wildman–Crippen LogP) is 3.05. The van der Waals surface area contributed by atoms with E-state index in [9.17, 15) is 0 Å². The fourth-order valence-corrected chi connectivity index (χ4v) is 3.57. The van der Waals surface area contributed by atoms with Gasteiger partial charge in [-0.05, 0) is 17.5 Å². The Morgan fingerprint density at radius 2 is 1.89 bits per heavy atom. The lowest BCUT2D eigenvalue weighted by molar-refractivity contribution is 0.297. The molecule has 3 aromatic rings. The third-order valence-corrected chi connectivity index (χ3v) is 4.99. The third kappa shape index (κ3) is 2.66. The maximum atomic E-state index is 6.03. The van der Waals surface area contributed by atoms with E-state index in [1.165, 1.54) is 5.56 Å². The first-order chi connectivity index (χ1) is 13.2. The van der Waals surface area contributed by atoms with Gasteiger partial charge in [0.2, 0.25) is 5.95 Å². The minimum atomic E-state index is -0.276. The van der Waals surface area contributed by atoms with Crippen LogP contribution in [0.4, 0.5) is 5.95 Å². The van der Waals surface area contributed by atoms with E-state index in [0.29, 0.717) is 25.1 Å². The molecular weight excluding hydrogens is 342 g/mol. The van der Waals surface area contributed by atoms with Crippen LogP contribution < -0.4 is 20.5 Å². The molecule has 1 aromatic heterocycles. The van der Waals surface area contributed by atoms with Gasteiger partial charge in [0.05, 0.1) is 24.2 Å². The van der Waals surface area contributed by atoms with Crippen molar-refractivity contribution in [1.82, 2.24) is 9.55 Å². The lowest BCUT2D eigenvalue weighted by Crippen LogP contribution is -2.31. The summed E-state index contributed by atoms with van der Waals surface area (Å²) in [6.07, 6.45) is 1.59. The van der Waals surface area contributed by atoms with Crippen LogP contribution in [-0.2, 0) is 6.42 Å². The maximum absolute atomic E-state index is 6.03.